The maximum atomic E-state index is 9.97. The van der Waals surface area contributed by atoms with Crippen molar-refractivity contribution >= 4 is 0 Å². The molecule has 1 aromatic carbocycles. The van der Waals surface area contributed by atoms with Gasteiger partial charge >= 0.3 is 0 Å². The summed E-state index contributed by atoms with van der Waals surface area (Å²) >= 11 is 0. The molecule has 1 aromatic rings. The molecule has 0 saturated heterocycles. The van der Waals surface area contributed by atoms with E-state index in [-0.39, 0.29) is 0 Å². The van der Waals surface area contributed by atoms with Crippen LogP contribution in [0, 0.1) is 35.0 Å². The van der Waals surface area contributed by atoms with Crippen LogP contribution in [0.5, 0.6) is 0 Å². The van der Waals surface area contributed by atoms with Gasteiger partial charge in [-0.3, -0.25) is 0 Å². The Hall–Kier alpha value is -1.29. The van der Waals surface area contributed by atoms with Crippen LogP contribution in [-0.2, 0) is 6.42 Å². The first-order valence-electron chi connectivity index (χ1n) is 15.2. The van der Waals surface area contributed by atoms with E-state index in [4.69, 9.17) is 0 Å². The largest absolute Gasteiger partial charge is 0.198 e. The Morgan fingerprint density at radius 3 is 2.00 bits per heavy atom. The fourth-order valence-corrected chi connectivity index (χ4v) is 6.88. The molecule has 2 aliphatic carbocycles. The molecule has 1 atom stereocenters. The van der Waals surface area contributed by atoms with Gasteiger partial charge in [0.2, 0.25) is 0 Å². The first kappa shape index (κ1) is 27.3. The second kappa shape index (κ2) is 15.7. The second-order valence-corrected chi connectivity index (χ2v) is 11.9. The molecule has 1 unspecified atom stereocenters. The van der Waals surface area contributed by atoms with E-state index < -0.39 is 0 Å². The smallest absolute Gasteiger partial charge is 0.0658 e. The van der Waals surface area contributed by atoms with Crippen molar-refractivity contribution in [2.24, 2.45) is 23.7 Å². The van der Waals surface area contributed by atoms with Gasteiger partial charge in [0.15, 0.2) is 0 Å². The van der Waals surface area contributed by atoms with Gasteiger partial charge in [0.05, 0.1) is 6.07 Å². The standard InChI is InChI=1S/C33H53N/c1-3-5-7-8-9-10-12-28-17-19-30(20-18-28)31-21-23-32(24-22-31)33(26-34)25-29-15-13-27(14-16-29)11-6-4-2/h17-20,27,29,31-33H,3-16,21-25H2,1-2H3. The molecule has 0 heterocycles. The predicted octanol–water partition coefficient (Wildman–Crippen LogP) is 10.4. The molecule has 0 radical (unpaired) electrons. The second-order valence-electron chi connectivity index (χ2n) is 11.9. The summed E-state index contributed by atoms with van der Waals surface area (Å²) in [5.41, 5.74) is 3.06. The molecule has 2 saturated carbocycles. The lowest BCUT2D eigenvalue weighted by Gasteiger charge is -2.34. The summed E-state index contributed by atoms with van der Waals surface area (Å²) in [6.07, 6.45) is 25.5. The van der Waals surface area contributed by atoms with E-state index in [2.05, 4.69) is 44.2 Å². The van der Waals surface area contributed by atoms with Crippen LogP contribution in [0.3, 0.4) is 0 Å². The average molecular weight is 464 g/mol. The molecule has 0 amide bonds. The summed E-state index contributed by atoms with van der Waals surface area (Å²) in [5.74, 6) is 3.46. The number of hydrogen-bond donors (Lipinski definition) is 0. The molecular weight excluding hydrogens is 410 g/mol. The highest BCUT2D eigenvalue weighted by molar-refractivity contribution is 5.26. The molecule has 0 N–H and O–H groups in total. The zero-order chi connectivity index (χ0) is 24.0. The quantitative estimate of drug-likeness (QED) is 0.252. The van der Waals surface area contributed by atoms with E-state index >= 15 is 0 Å². The molecule has 1 heteroatoms. The van der Waals surface area contributed by atoms with E-state index in [1.54, 1.807) is 5.56 Å². The van der Waals surface area contributed by atoms with Gasteiger partial charge in [0.1, 0.15) is 0 Å². The zero-order valence-corrected chi connectivity index (χ0v) is 22.6. The van der Waals surface area contributed by atoms with Crippen LogP contribution in [0.15, 0.2) is 24.3 Å². The average Bonchev–Trinajstić information content (AvgIpc) is 2.89. The number of unbranched alkanes of at least 4 members (excludes halogenated alkanes) is 6. The fraction of sp³-hybridized carbons (Fsp3) is 0.788. The lowest BCUT2D eigenvalue weighted by atomic mass is 9.70. The lowest BCUT2D eigenvalue weighted by Crippen LogP contribution is -2.24. The van der Waals surface area contributed by atoms with Crippen LogP contribution in [0.2, 0.25) is 0 Å². The summed E-state index contributed by atoms with van der Waals surface area (Å²) in [5, 5.41) is 9.97. The minimum atomic E-state index is 0.304. The third kappa shape index (κ3) is 9.06. The molecule has 2 aliphatic rings. The lowest BCUT2D eigenvalue weighted by molar-refractivity contribution is 0.193. The van der Waals surface area contributed by atoms with Crippen molar-refractivity contribution in [3.05, 3.63) is 35.4 Å². The Balaban J connectivity index is 1.36. The Labute approximate surface area is 212 Å². The first-order valence-corrected chi connectivity index (χ1v) is 15.2. The topological polar surface area (TPSA) is 23.8 Å². The van der Waals surface area contributed by atoms with Gasteiger partial charge in [-0.1, -0.05) is 115 Å². The normalized spacial score (nSPS) is 26.1. The first-order chi connectivity index (χ1) is 16.7. The van der Waals surface area contributed by atoms with Crippen molar-refractivity contribution in [1.29, 1.82) is 5.26 Å². The van der Waals surface area contributed by atoms with Crippen LogP contribution in [0.4, 0.5) is 0 Å². The van der Waals surface area contributed by atoms with Gasteiger partial charge in [-0.15, -0.1) is 0 Å². The minimum absolute atomic E-state index is 0.304. The van der Waals surface area contributed by atoms with Gasteiger partial charge in [0.25, 0.3) is 0 Å². The minimum Gasteiger partial charge on any atom is -0.198 e. The van der Waals surface area contributed by atoms with Crippen LogP contribution >= 0.6 is 0 Å². The fourth-order valence-electron chi connectivity index (χ4n) is 6.88. The number of benzene rings is 1. The maximum Gasteiger partial charge on any atom is 0.0658 e. The SMILES string of the molecule is CCCCCCCCc1ccc(C2CCC(C(C#N)CC3CCC(CCCC)CC3)CC2)cc1. The molecule has 3 rings (SSSR count). The van der Waals surface area contributed by atoms with Gasteiger partial charge < -0.3 is 0 Å². The van der Waals surface area contributed by atoms with Crippen molar-refractivity contribution < 1.29 is 0 Å². The Morgan fingerprint density at radius 2 is 1.35 bits per heavy atom. The Bertz CT molecular complexity index is 682. The highest BCUT2D eigenvalue weighted by atomic mass is 14.4. The maximum absolute atomic E-state index is 9.97. The molecule has 0 aromatic heterocycles. The van der Waals surface area contributed by atoms with Gasteiger partial charge in [-0.05, 0) is 79.7 Å². The molecule has 0 spiro atoms. The third-order valence-electron chi connectivity index (χ3n) is 9.30. The van der Waals surface area contributed by atoms with Crippen LogP contribution in [0.25, 0.3) is 0 Å². The molecule has 190 valence electrons. The summed E-state index contributed by atoms with van der Waals surface area (Å²) in [7, 11) is 0. The van der Waals surface area contributed by atoms with Gasteiger partial charge in [0, 0.05) is 5.92 Å². The summed E-state index contributed by atoms with van der Waals surface area (Å²) < 4.78 is 0. The van der Waals surface area contributed by atoms with Crippen molar-refractivity contribution in [3.63, 3.8) is 0 Å². The molecule has 0 aliphatic heterocycles. The Morgan fingerprint density at radius 1 is 0.735 bits per heavy atom. The number of hydrogen-bond acceptors (Lipinski definition) is 1. The van der Waals surface area contributed by atoms with Crippen molar-refractivity contribution in [2.45, 2.75) is 142 Å². The number of nitrogens with zero attached hydrogens (tertiary/aromatic N) is 1. The number of nitriles is 1. The van der Waals surface area contributed by atoms with Crippen LogP contribution < -0.4 is 0 Å². The Kier molecular flexibility index (Phi) is 12.6. The summed E-state index contributed by atoms with van der Waals surface area (Å²) in [6.45, 7) is 4.60. The monoisotopic (exact) mass is 463 g/mol. The van der Waals surface area contributed by atoms with Crippen molar-refractivity contribution in [2.75, 3.05) is 0 Å². The summed E-state index contributed by atoms with van der Waals surface area (Å²) in [6, 6.07) is 12.4. The molecule has 0 bridgehead atoms. The van der Waals surface area contributed by atoms with E-state index in [0.29, 0.717) is 17.8 Å². The molecule has 2 fully saturated rings. The van der Waals surface area contributed by atoms with E-state index in [9.17, 15) is 5.26 Å². The highest BCUT2D eigenvalue weighted by Gasteiger charge is 2.31. The van der Waals surface area contributed by atoms with Crippen LogP contribution in [0.1, 0.15) is 146 Å². The van der Waals surface area contributed by atoms with Crippen molar-refractivity contribution in [1.82, 2.24) is 0 Å². The molecular formula is C33H53N. The number of rotatable bonds is 14. The van der Waals surface area contributed by atoms with Crippen LogP contribution in [-0.4, -0.2) is 0 Å². The van der Waals surface area contributed by atoms with E-state index in [1.807, 2.05) is 0 Å². The van der Waals surface area contributed by atoms with Gasteiger partial charge in [-0.2, -0.15) is 5.26 Å². The van der Waals surface area contributed by atoms with E-state index in [1.165, 1.54) is 128 Å². The predicted molar refractivity (Wildman–Crippen MR) is 147 cm³/mol. The van der Waals surface area contributed by atoms with Gasteiger partial charge in [-0.25, -0.2) is 0 Å². The molecule has 1 nitrogen and oxygen atoms in total. The summed E-state index contributed by atoms with van der Waals surface area (Å²) in [4.78, 5) is 0. The third-order valence-corrected chi connectivity index (χ3v) is 9.30. The zero-order valence-electron chi connectivity index (χ0n) is 22.6. The van der Waals surface area contributed by atoms with Crippen molar-refractivity contribution in [3.8, 4) is 6.07 Å². The molecule has 34 heavy (non-hydrogen) atoms. The number of aryl methyl sites for hydroxylation is 1. The van der Waals surface area contributed by atoms with E-state index in [0.717, 1.165) is 11.8 Å². The highest BCUT2D eigenvalue weighted by Crippen LogP contribution is 2.42.